The van der Waals surface area contributed by atoms with Gasteiger partial charge < -0.3 is 14.2 Å². The minimum atomic E-state index is -0.452. The van der Waals surface area contributed by atoms with Gasteiger partial charge in [-0.15, -0.1) is 0 Å². The van der Waals surface area contributed by atoms with Gasteiger partial charge >= 0.3 is 0 Å². The molecule has 0 spiro atoms. The van der Waals surface area contributed by atoms with Crippen LogP contribution in [0.2, 0.25) is 0 Å². The lowest BCUT2D eigenvalue weighted by Gasteiger charge is -2.20. The summed E-state index contributed by atoms with van der Waals surface area (Å²) in [5.74, 6) is 2.00. The normalized spacial score (nSPS) is 16.2. The fourth-order valence-electron chi connectivity index (χ4n) is 3.95. The molecule has 9 heteroatoms. The Bertz CT molecular complexity index is 1280. The first-order valence-electron chi connectivity index (χ1n) is 12.3. The van der Waals surface area contributed by atoms with Gasteiger partial charge in [-0.05, 0) is 73.4 Å². The van der Waals surface area contributed by atoms with Crippen LogP contribution in [0.4, 0.5) is 0 Å². The molecule has 2 aromatic rings. The third kappa shape index (κ3) is 6.22. The number of rotatable bonds is 10. The molecular formula is C28H32N4O4S. The maximum Gasteiger partial charge on any atom is 0.283 e. The molecule has 8 nitrogen and oxygen atoms in total. The second-order valence-corrected chi connectivity index (χ2v) is 10.2. The van der Waals surface area contributed by atoms with Gasteiger partial charge in [-0.2, -0.15) is 15.1 Å². The van der Waals surface area contributed by atoms with E-state index in [0.29, 0.717) is 48.0 Å². The Morgan fingerprint density at radius 2 is 1.78 bits per heavy atom. The van der Waals surface area contributed by atoms with Crippen molar-refractivity contribution in [2.75, 3.05) is 19.8 Å². The number of ether oxygens (including phenoxy) is 3. The lowest BCUT2D eigenvalue weighted by molar-refractivity contribution is -0.114. The number of aryl methyl sites for hydroxylation is 2. The van der Waals surface area contributed by atoms with Gasteiger partial charge in [0.15, 0.2) is 17.3 Å². The summed E-state index contributed by atoms with van der Waals surface area (Å²) in [5, 5.41) is 15.8. The van der Waals surface area contributed by atoms with Gasteiger partial charge in [-0.3, -0.25) is 10.2 Å². The molecule has 4 rings (SSSR count). The van der Waals surface area contributed by atoms with Crippen molar-refractivity contribution >= 4 is 39.8 Å². The molecule has 1 N–H and O–H groups in total. The average molecular weight is 521 g/mol. The number of amidine groups is 2. The summed E-state index contributed by atoms with van der Waals surface area (Å²) in [7, 11) is 0. The summed E-state index contributed by atoms with van der Waals surface area (Å²) in [5.41, 5.74) is 3.05. The van der Waals surface area contributed by atoms with E-state index < -0.39 is 5.91 Å². The van der Waals surface area contributed by atoms with Crippen molar-refractivity contribution in [3.8, 4) is 17.2 Å². The minimum Gasteiger partial charge on any atom is -0.490 e. The van der Waals surface area contributed by atoms with E-state index in [1.165, 1.54) is 16.8 Å². The van der Waals surface area contributed by atoms with Gasteiger partial charge in [0, 0.05) is 6.42 Å². The van der Waals surface area contributed by atoms with Gasteiger partial charge in [0.1, 0.15) is 24.0 Å². The molecule has 2 aliphatic rings. The van der Waals surface area contributed by atoms with Crippen LogP contribution in [0.25, 0.3) is 6.08 Å². The number of hydrogen-bond acceptors (Lipinski definition) is 7. The van der Waals surface area contributed by atoms with Gasteiger partial charge in [0.05, 0.1) is 12.2 Å². The third-order valence-electron chi connectivity index (χ3n) is 5.65. The molecule has 0 fully saturated rings. The highest BCUT2D eigenvalue weighted by molar-refractivity contribution is 8.26. The number of amides is 1. The fraction of sp³-hybridized carbons (Fsp3) is 0.357. The van der Waals surface area contributed by atoms with E-state index in [1.54, 1.807) is 18.2 Å². The predicted molar refractivity (Wildman–Crippen MR) is 149 cm³/mol. The maximum absolute atomic E-state index is 12.7. The van der Waals surface area contributed by atoms with Crippen LogP contribution in [-0.4, -0.2) is 46.8 Å². The molecule has 0 radical (unpaired) electrons. The Morgan fingerprint density at radius 3 is 2.49 bits per heavy atom. The largest absolute Gasteiger partial charge is 0.490 e. The van der Waals surface area contributed by atoms with Crippen LogP contribution in [0.15, 0.2) is 52.1 Å². The lowest BCUT2D eigenvalue weighted by Crippen LogP contribution is -2.35. The van der Waals surface area contributed by atoms with E-state index in [4.69, 9.17) is 19.6 Å². The Morgan fingerprint density at radius 1 is 1.05 bits per heavy atom. The van der Waals surface area contributed by atoms with Crippen molar-refractivity contribution in [2.24, 2.45) is 16.0 Å². The fourth-order valence-corrected chi connectivity index (χ4v) is 5.05. The second kappa shape index (κ2) is 11.6. The summed E-state index contributed by atoms with van der Waals surface area (Å²) >= 11 is 1.35. The maximum atomic E-state index is 12.7. The molecule has 2 aromatic carbocycles. The van der Waals surface area contributed by atoms with E-state index in [9.17, 15) is 4.79 Å². The van der Waals surface area contributed by atoms with Crippen molar-refractivity contribution in [1.82, 2.24) is 5.01 Å². The van der Waals surface area contributed by atoms with Crippen LogP contribution in [-0.2, 0) is 4.79 Å². The minimum absolute atomic E-state index is 0.0168. The van der Waals surface area contributed by atoms with Crippen LogP contribution in [0.5, 0.6) is 17.2 Å². The Balaban J connectivity index is 1.47. The number of fused-ring (bicyclic) bond motifs is 1. The number of nitrogens with zero attached hydrogens (tertiary/aromatic N) is 3. The molecule has 1 amide bonds. The van der Waals surface area contributed by atoms with Crippen LogP contribution in [0.3, 0.4) is 0 Å². The molecule has 0 bridgehead atoms. The first kappa shape index (κ1) is 26.5. The number of para-hydroxylation sites is 1. The van der Waals surface area contributed by atoms with E-state index in [1.807, 2.05) is 45.0 Å². The number of hydrazone groups is 1. The number of carbonyl (C=O) groups excluding carboxylic acids is 1. The van der Waals surface area contributed by atoms with Gasteiger partial charge in [-0.25, -0.2) is 0 Å². The molecule has 0 saturated heterocycles. The standard InChI is InChI=1S/C28H32N4O4S/c1-6-34-23-16-20(10-11-22(23)35-12-13-36-25-18(4)8-7-9-19(25)5)15-21-26(29)32-28(30-27(21)33)37-24(31-32)14-17(2)3/h7-11,15-17,29H,6,12-14H2,1-5H3/b21-15-,29-26?. The molecule has 0 aromatic heterocycles. The summed E-state index contributed by atoms with van der Waals surface area (Å²) < 4.78 is 17.7. The highest BCUT2D eigenvalue weighted by Crippen LogP contribution is 2.33. The zero-order valence-corrected chi connectivity index (χ0v) is 22.6. The Hall–Kier alpha value is -3.59. The zero-order valence-electron chi connectivity index (χ0n) is 21.8. The van der Waals surface area contributed by atoms with Crippen molar-refractivity contribution in [2.45, 2.75) is 41.0 Å². The highest BCUT2D eigenvalue weighted by Gasteiger charge is 2.35. The first-order valence-corrected chi connectivity index (χ1v) is 13.2. The molecule has 0 saturated carbocycles. The van der Waals surface area contributed by atoms with E-state index in [0.717, 1.165) is 28.3 Å². The Kier molecular flexibility index (Phi) is 8.33. The molecule has 0 unspecified atom stereocenters. The number of aliphatic imine (C=N–C) groups is 1. The molecule has 194 valence electrons. The van der Waals surface area contributed by atoms with Gasteiger partial charge in [0.2, 0.25) is 5.17 Å². The van der Waals surface area contributed by atoms with Gasteiger partial charge in [0.25, 0.3) is 5.91 Å². The topological polar surface area (TPSA) is 96.6 Å². The summed E-state index contributed by atoms with van der Waals surface area (Å²) in [6.45, 7) is 11.3. The number of carbonyl (C=O) groups is 1. The molecule has 2 aliphatic heterocycles. The van der Waals surface area contributed by atoms with Crippen LogP contribution < -0.4 is 14.2 Å². The lowest BCUT2D eigenvalue weighted by atomic mass is 10.1. The number of benzene rings is 2. The zero-order chi connectivity index (χ0) is 26.5. The predicted octanol–water partition coefficient (Wildman–Crippen LogP) is 5.83. The number of nitrogens with one attached hydrogen (secondary N) is 1. The first-order chi connectivity index (χ1) is 17.8. The summed E-state index contributed by atoms with van der Waals surface area (Å²) in [4.78, 5) is 16.9. The van der Waals surface area contributed by atoms with Gasteiger partial charge in [-0.1, -0.05) is 38.1 Å². The molecule has 0 aliphatic carbocycles. The van der Waals surface area contributed by atoms with E-state index in [2.05, 4.69) is 23.9 Å². The molecule has 37 heavy (non-hydrogen) atoms. The van der Waals surface area contributed by atoms with Crippen molar-refractivity contribution in [3.63, 3.8) is 0 Å². The SMILES string of the molecule is CCOc1cc(/C=C2/C(=N)N3N=C(CC(C)C)SC3=NC2=O)ccc1OCCOc1c(C)cccc1C. The third-order valence-corrected chi connectivity index (χ3v) is 6.58. The number of hydrogen-bond donors (Lipinski definition) is 1. The van der Waals surface area contributed by atoms with Crippen LogP contribution in [0.1, 0.15) is 43.9 Å². The van der Waals surface area contributed by atoms with E-state index >= 15 is 0 Å². The second-order valence-electron chi connectivity index (χ2n) is 9.17. The molecule has 0 atom stereocenters. The van der Waals surface area contributed by atoms with Crippen molar-refractivity contribution < 1.29 is 19.0 Å². The highest BCUT2D eigenvalue weighted by atomic mass is 32.2. The Labute approximate surface area is 221 Å². The number of thioether (sulfide) groups is 1. The summed E-state index contributed by atoms with van der Waals surface area (Å²) in [6, 6.07) is 11.5. The smallest absolute Gasteiger partial charge is 0.283 e. The average Bonchev–Trinajstić information content (AvgIpc) is 3.23. The molecule has 2 heterocycles. The van der Waals surface area contributed by atoms with Crippen molar-refractivity contribution in [3.05, 3.63) is 58.7 Å². The van der Waals surface area contributed by atoms with Crippen LogP contribution >= 0.6 is 11.8 Å². The van der Waals surface area contributed by atoms with Crippen molar-refractivity contribution in [1.29, 1.82) is 5.41 Å². The van der Waals surface area contributed by atoms with E-state index in [-0.39, 0.29) is 11.4 Å². The van der Waals surface area contributed by atoms with Crippen LogP contribution in [0, 0.1) is 25.2 Å². The summed E-state index contributed by atoms with van der Waals surface area (Å²) in [6.07, 6.45) is 2.41. The quantitative estimate of drug-likeness (QED) is 0.313. The molecular weight excluding hydrogens is 488 g/mol. The monoisotopic (exact) mass is 520 g/mol.